The maximum Gasteiger partial charge on any atom is 0.341 e. The van der Waals surface area contributed by atoms with E-state index in [0.29, 0.717) is 6.42 Å². The van der Waals surface area contributed by atoms with Crippen molar-refractivity contribution in [1.82, 2.24) is 10.6 Å². The van der Waals surface area contributed by atoms with E-state index < -0.39 is 17.3 Å². The van der Waals surface area contributed by atoms with E-state index in [-0.39, 0.29) is 45.8 Å². The van der Waals surface area contributed by atoms with Crippen molar-refractivity contribution in [3.8, 4) is 0 Å². The monoisotopic (exact) mass is 471 g/mol. The van der Waals surface area contributed by atoms with Crippen LogP contribution in [-0.4, -0.2) is 17.6 Å². The fraction of sp³-hybridized carbons (Fsp3) is 0.423. The van der Waals surface area contributed by atoms with E-state index >= 15 is 4.39 Å². The molecular weight excluding hydrogens is 441 g/mol. The van der Waals surface area contributed by atoms with Crippen molar-refractivity contribution in [2.45, 2.75) is 66.0 Å². The molecule has 7 heteroatoms. The molecule has 3 amide bonds. The zero-order valence-electron chi connectivity index (χ0n) is 20.0. The second-order valence-electron chi connectivity index (χ2n) is 10.5. The first-order valence-electron chi connectivity index (χ1n) is 11.0. The number of urea groups is 1. The average Bonchev–Trinajstić information content (AvgIpc) is 2.71. The van der Waals surface area contributed by atoms with Crippen molar-refractivity contribution in [1.29, 1.82) is 0 Å². The highest BCUT2D eigenvalue weighted by Crippen LogP contribution is 2.31. The molecule has 0 spiro atoms. The zero-order chi connectivity index (χ0) is 24.6. The van der Waals surface area contributed by atoms with Crippen LogP contribution in [0.3, 0.4) is 0 Å². The van der Waals surface area contributed by atoms with Gasteiger partial charge in [-0.15, -0.1) is 0 Å². The molecule has 2 aromatic carbocycles. The molecule has 2 N–H and O–H groups in total. The summed E-state index contributed by atoms with van der Waals surface area (Å²) in [6, 6.07) is 10.3. The fourth-order valence-electron chi connectivity index (χ4n) is 3.61. The molecule has 1 aliphatic rings. The first-order chi connectivity index (χ1) is 15.3. The highest BCUT2D eigenvalue weighted by Gasteiger charge is 2.28. The minimum absolute atomic E-state index is 0.0143. The molecule has 176 valence electrons. The van der Waals surface area contributed by atoms with Gasteiger partial charge < -0.3 is 10.6 Å². The Kier molecular flexibility index (Phi) is 6.99. The number of nitrogens with zero attached hydrogens (tertiary/aromatic N) is 1. The Hall–Kier alpha value is -2.73. The third kappa shape index (κ3) is 5.80. The summed E-state index contributed by atoms with van der Waals surface area (Å²) >= 11 is 6.34. The van der Waals surface area contributed by atoms with Crippen LogP contribution < -0.4 is 10.6 Å². The Morgan fingerprint density at radius 3 is 2.33 bits per heavy atom. The number of carbonyl (C=O) groups excluding carboxylic acids is 2. The lowest BCUT2D eigenvalue weighted by Crippen LogP contribution is -2.35. The van der Waals surface area contributed by atoms with Gasteiger partial charge in [0.25, 0.3) is 0 Å². The van der Waals surface area contributed by atoms with Gasteiger partial charge in [-0.2, -0.15) is 4.99 Å². The Morgan fingerprint density at radius 2 is 1.76 bits per heavy atom. The number of amides is 3. The summed E-state index contributed by atoms with van der Waals surface area (Å²) in [6.45, 7) is 11.8. The molecule has 1 unspecified atom stereocenters. The zero-order valence-corrected chi connectivity index (χ0v) is 20.7. The first-order valence-corrected chi connectivity index (χ1v) is 11.4. The molecule has 0 saturated carbocycles. The van der Waals surface area contributed by atoms with Gasteiger partial charge >= 0.3 is 6.03 Å². The Labute approximate surface area is 199 Å². The molecule has 5 nitrogen and oxygen atoms in total. The minimum atomic E-state index is -0.590. The van der Waals surface area contributed by atoms with E-state index in [2.05, 4.69) is 36.4 Å². The summed E-state index contributed by atoms with van der Waals surface area (Å²) in [5.74, 6) is -0.765. The van der Waals surface area contributed by atoms with Crippen LogP contribution in [-0.2, 0) is 16.8 Å². The molecule has 0 aromatic heterocycles. The number of aliphatic imine (C=N–C) groups is 1. The van der Waals surface area contributed by atoms with Crippen molar-refractivity contribution < 1.29 is 14.0 Å². The molecule has 2 aromatic rings. The molecule has 1 atom stereocenters. The molecule has 3 rings (SSSR count). The predicted molar refractivity (Wildman–Crippen MR) is 130 cm³/mol. The third-order valence-corrected chi connectivity index (χ3v) is 6.01. The van der Waals surface area contributed by atoms with Gasteiger partial charge in [0, 0.05) is 23.9 Å². The van der Waals surface area contributed by atoms with Crippen LogP contribution in [0.15, 0.2) is 41.4 Å². The van der Waals surface area contributed by atoms with Crippen LogP contribution in [0.4, 0.5) is 9.18 Å². The first kappa shape index (κ1) is 24.9. The number of halogens is 2. The molecule has 33 heavy (non-hydrogen) atoms. The number of rotatable bonds is 4. The SMILES string of the molecule is CC(C)(C)C(=O)NCc1ccc(Cl)c(C2=NC(=O)NC(c3ccc(C(C)(C)C)cc3)C2)c1F. The van der Waals surface area contributed by atoms with Crippen LogP contribution in [0.5, 0.6) is 0 Å². The largest absolute Gasteiger partial charge is 0.351 e. The lowest BCUT2D eigenvalue weighted by atomic mass is 9.85. The average molecular weight is 472 g/mol. The Bertz CT molecular complexity index is 1100. The minimum Gasteiger partial charge on any atom is -0.351 e. The van der Waals surface area contributed by atoms with Crippen LogP contribution in [0.2, 0.25) is 5.02 Å². The van der Waals surface area contributed by atoms with Gasteiger partial charge in [0.15, 0.2) is 0 Å². The van der Waals surface area contributed by atoms with Gasteiger partial charge in [-0.25, -0.2) is 9.18 Å². The predicted octanol–water partition coefficient (Wildman–Crippen LogP) is 6.08. The van der Waals surface area contributed by atoms with E-state index in [1.165, 1.54) is 11.6 Å². The molecule has 0 aliphatic carbocycles. The summed E-state index contributed by atoms with van der Waals surface area (Å²) in [6.07, 6.45) is 0.301. The third-order valence-electron chi connectivity index (χ3n) is 5.69. The second kappa shape index (κ2) is 9.26. The van der Waals surface area contributed by atoms with Crippen molar-refractivity contribution in [3.63, 3.8) is 0 Å². The van der Waals surface area contributed by atoms with Crippen molar-refractivity contribution in [2.24, 2.45) is 10.4 Å². The standard InChI is InChI=1S/C26H31ClFN3O2/c1-25(2,3)17-10-7-15(8-11-17)19-13-20(31-24(33)30-19)21-18(27)12-9-16(22(21)28)14-29-23(32)26(4,5)6/h7-12,19H,13-14H2,1-6H3,(H,29,32)(H,30,33). The number of benzene rings is 2. The summed E-state index contributed by atoms with van der Waals surface area (Å²) in [7, 11) is 0. The normalized spacial score (nSPS) is 16.8. The van der Waals surface area contributed by atoms with Gasteiger partial charge in [0.05, 0.1) is 22.3 Å². The van der Waals surface area contributed by atoms with Crippen LogP contribution >= 0.6 is 11.6 Å². The fourth-order valence-corrected chi connectivity index (χ4v) is 3.86. The second-order valence-corrected chi connectivity index (χ2v) is 10.9. The summed E-state index contributed by atoms with van der Waals surface area (Å²) in [4.78, 5) is 28.6. The lowest BCUT2D eigenvalue weighted by molar-refractivity contribution is -0.128. The molecule has 1 aliphatic heterocycles. The van der Waals surface area contributed by atoms with Crippen LogP contribution in [0, 0.1) is 11.2 Å². The van der Waals surface area contributed by atoms with Crippen LogP contribution in [0.1, 0.15) is 76.3 Å². The van der Waals surface area contributed by atoms with E-state index in [1.54, 1.807) is 26.8 Å². The topological polar surface area (TPSA) is 70.6 Å². The molecule has 0 saturated heterocycles. The molecular formula is C26H31ClFN3O2. The number of hydrogen-bond acceptors (Lipinski definition) is 2. The van der Waals surface area contributed by atoms with Crippen molar-refractivity contribution in [3.05, 3.63) is 69.5 Å². The summed E-state index contributed by atoms with van der Waals surface area (Å²) in [5, 5.41) is 5.78. The maximum atomic E-state index is 15.5. The van der Waals surface area contributed by atoms with E-state index in [0.717, 1.165) is 5.56 Å². The molecule has 0 radical (unpaired) electrons. The van der Waals surface area contributed by atoms with Gasteiger partial charge in [-0.05, 0) is 22.6 Å². The Balaban J connectivity index is 1.88. The molecule has 0 bridgehead atoms. The highest BCUT2D eigenvalue weighted by molar-refractivity contribution is 6.34. The highest BCUT2D eigenvalue weighted by atomic mass is 35.5. The van der Waals surface area contributed by atoms with Gasteiger partial charge in [-0.1, -0.05) is 83.5 Å². The van der Waals surface area contributed by atoms with E-state index in [9.17, 15) is 9.59 Å². The lowest BCUT2D eigenvalue weighted by Gasteiger charge is -2.26. The van der Waals surface area contributed by atoms with Crippen molar-refractivity contribution >= 4 is 29.3 Å². The summed E-state index contributed by atoms with van der Waals surface area (Å²) in [5.41, 5.74) is 2.19. The number of nitrogens with one attached hydrogen (secondary N) is 2. The van der Waals surface area contributed by atoms with Gasteiger partial charge in [0.2, 0.25) is 5.91 Å². The molecule has 0 fully saturated rings. The van der Waals surface area contributed by atoms with Crippen LogP contribution in [0.25, 0.3) is 0 Å². The van der Waals surface area contributed by atoms with E-state index in [1.807, 2.05) is 24.3 Å². The molecule has 1 heterocycles. The maximum absolute atomic E-state index is 15.5. The summed E-state index contributed by atoms with van der Waals surface area (Å²) < 4.78 is 15.5. The smallest absolute Gasteiger partial charge is 0.341 e. The van der Waals surface area contributed by atoms with E-state index in [4.69, 9.17) is 11.6 Å². The van der Waals surface area contributed by atoms with Gasteiger partial charge in [-0.3, -0.25) is 4.79 Å². The Morgan fingerprint density at radius 1 is 1.12 bits per heavy atom. The quantitative estimate of drug-likeness (QED) is 0.567. The number of hydrogen-bond donors (Lipinski definition) is 2. The van der Waals surface area contributed by atoms with Gasteiger partial charge in [0.1, 0.15) is 5.82 Å². The van der Waals surface area contributed by atoms with Crippen molar-refractivity contribution in [2.75, 3.05) is 0 Å². The number of carbonyl (C=O) groups is 2.